The molecular weight excluding hydrogens is 252 g/mol. The smallest absolute Gasteiger partial charge is 0.315 e. The van der Waals surface area contributed by atoms with E-state index in [9.17, 15) is 0 Å². The largest absolute Gasteiger partial charge is 0.407 e. The summed E-state index contributed by atoms with van der Waals surface area (Å²) >= 11 is 0. The highest BCUT2D eigenvalue weighted by atomic mass is 16.4. The summed E-state index contributed by atoms with van der Waals surface area (Å²) < 4.78 is 5.56. The molecule has 3 rings (SSSR count). The van der Waals surface area contributed by atoms with Crippen LogP contribution in [0.1, 0.15) is 36.8 Å². The molecule has 1 saturated carbocycles. The summed E-state index contributed by atoms with van der Waals surface area (Å²) in [5, 5.41) is 14.6. The summed E-state index contributed by atoms with van der Waals surface area (Å²) in [5.74, 6) is 0.642. The van der Waals surface area contributed by atoms with Crippen molar-refractivity contribution in [3.05, 3.63) is 41.3 Å². The van der Waals surface area contributed by atoms with Gasteiger partial charge in [0.25, 0.3) is 0 Å². The quantitative estimate of drug-likeness (QED) is 0.811. The molecule has 106 valence electrons. The van der Waals surface area contributed by atoms with Gasteiger partial charge in [-0.3, -0.25) is 0 Å². The standard InChI is InChI=1S/C15H20N4O/c1-2-11-5-3-4-6-12(11)9-17-15-19-18-14(20-15)10-16-13-7-8-13/h3-6,13,16H,2,7-10H2,1H3,(H,17,19). The fraction of sp³-hybridized carbons (Fsp3) is 0.467. The van der Waals surface area contributed by atoms with Crippen molar-refractivity contribution < 1.29 is 4.42 Å². The van der Waals surface area contributed by atoms with E-state index >= 15 is 0 Å². The number of rotatable bonds is 7. The molecule has 5 nitrogen and oxygen atoms in total. The number of nitrogens with one attached hydrogen (secondary N) is 2. The molecule has 1 fully saturated rings. The zero-order valence-electron chi connectivity index (χ0n) is 11.7. The van der Waals surface area contributed by atoms with E-state index in [1.165, 1.54) is 24.0 Å². The lowest BCUT2D eigenvalue weighted by atomic mass is 10.1. The lowest BCUT2D eigenvalue weighted by Gasteiger charge is -2.07. The van der Waals surface area contributed by atoms with Crippen LogP contribution in [0.4, 0.5) is 6.01 Å². The lowest BCUT2D eigenvalue weighted by Crippen LogP contribution is -2.15. The first-order chi connectivity index (χ1) is 9.85. The Morgan fingerprint density at radius 2 is 1.95 bits per heavy atom. The third kappa shape index (κ3) is 3.36. The summed E-state index contributed by atoms with van der Waals surface area (Å²) in [6.45, 7) is 3.53. The average Bonchev–Trinajstić information content (AvgIpc) is 3.21. The molecule has 0 bridgehead atoms. The summed E-state index contributed by atoms with van der Waals surface area (Å²) in [6, 6.07) is 9.53. The predicted molar refractivity (Wildman–Crippen MR) is 77.3 cm³/mol. The minimum Gasteiger partial charge on any atom is -0.407 e. The Balaban J connectivity index is 1.54. The van der Waals surface area contributed by atoms with Gasteiger partial charge in [0.15, 0.2) is 0 Å². The van der Waals surface area contributed by atoms with Crippen LogP contribution in [0.3, 0.4) is 0 Å². The second kappa shape index (κ2) is 6.05. The summed E-state index contributed by atoms with van der Waals surface area (Å²) in [6.07, 6.45) is 3.54. The van der Waals surface area contributed by atoms with Gasteiger partial charge >= 0.3 is 6.01 Å². The summed E-state index contributed by atoms with van der Waals surface area (Å²) in [7, 11) is 0. The molecule has 0 atom stereocenters. The SMILES string of the molecule is CCc1ccccc1CNc1nnc(CNC2CC2)o1. The molecule has 5 heteroatoms. The van der Waals surface area contributed by atoms with Crippen LogP contribution in [0, 0.1) is 0 Å². The van der Waals surface area contributed by atoms with Gasteiger partial charge < -0.3 is 15.1 Å². The van der Waals surface area contributed by atoms with Crippen LogP contribution in [-0.2, 0) is 19.5 Å². The molecule has 1 aliphatic rings. The molecule has 0 radical (unpaired) electrons. The number of aryl methyl sites for hydroxylation is 1. The van der Waals surface area contributed by atoms with Gasteiger partial charge in [-0.25, -0.2) is 0 Å². The van der Waals surface area contributed by atoms with Crippen molar-refractivity contribution in [2.75, 3.05) is 5.32 Å². The molecule has 1 heterocycles. The molecule has 0 amide bonds. The molecule has 20 heavy (non-hydrogen) atoms. The molecule has 0 aliphatic heterocycles. The van der Waals surface area contributed by atoms with E-state index in [4.69, 9.17) is 4.42 Å². The first-order valence-corrected chi connectivity index (χ1v) is 7.21. The van der Waals surface area contributed by atoms with Crippen LogP contribution in [0.15, 0.2) is 28.7 Å². The first-order valence-electron chi connectivity index (χ1n) is 7.21. The predicted octanol–water partition coefficient (Wildman–Crippen LogP) is 2.50. The number of aromatic nitrogens is 2. The topological polar surface area (TPSA) is 63.0 Å². The number of nitrogens with zero attached hydrogens (tertiary/aromatic N) is 2. The highest BCUT2D eigenvalue weighted by Crippen LogP contribution is 2.19. The maximum atomic E-state index is 5.56. The maximum absolute atomic E-state index is 5.56. The Morgan fingerprint density at radius 1 is 1.15 bits per heavy atom. The second-order valence-corrected chi connectivity index (χ2v) is 5.13. The Bertz CT molecular complexity index is 563. The van der Waals surface area contributed by atoms with Crippen molar-refractivity contribution in [3.8, 4) is 0 Å². The molecular formula is C15H20N4O. The van der Waals surface area contributed by atoms with E-state index < -0.39 is 0 Å². The van der Waals surface area contributed by atoms with Crippen LogP contribution in [0.5, 0.6) is 0 Å². The van der Waals surface area contributed by atoms with Crippen molar-refractivity contribution in [2.24, 2.45) is 0 Å². The Kier molecular flexibility index (Phi) is 3.97. The second-order valence-electron chi connectivity index (χ2n) is 5.13. The molecule has 0 unspecified atom stereocenters. The number of hydrogen-bond donors (Lipinski definition) is 2. The number of anilines is 1. The minimum atomic E-state index is 0.489. The number of hydrogen-bond acceptors (Lipinski definition) is 5. The lowest BCUT2D eigenvalue weighted by molar-refractivity contribution is 0.475. The highest BCUT2D eigenvalue weighted by Gasteiger charge is 2.21. The molecule has 0 saturated heterocycles. The molecule has 0 spiro atoms. The molecule has 2 aromatic rings. The van der Waals surface area contributed by atoms with E-state index in [1.54, 1.807) is 0 Å². The highest BCUT2D eigenvalue weighted by molar-refractivity contribution is 5.30. The Labute approximate surface area is 118 Å². The normalized spacial score (nSPS) is 14.4. The molecule has 1 aromatic heterocycles. The fourth-order valence-electron chi connectivity index (χ4n) is 2.16. The third-order valence-electron chi connectivity index (χ3n) is 3.52. The van der Waals surface area contributed by atoms with Crippen LogP contribution < -0.4 is 10.6 Å². The minimum absolute atomic E-state index is 0.489. The molecule has 1 aliphatic carbocycles. The number of benzene rings is 1. The summed E-state index contributed by atoms with van der Waals surface area (Å²) in [5.41, 5.74) is 2.61. The van der Waals surface area contributed by atoms with Crippen LogP contribution >= 0.6 is 0 Å². The molecule has 1 aromatic carbocycles. The van der Waals surface area contributed by atoms with Crippen LogP contribution in [0.2, 0.25) is 0 Å². The van der Waals surface area contributed by atoms with E-state index in [0.717, 1.165) is 6.42 Å². The monoisotopic (exact) mass is 272 g/mol. The van der Waals surface area contributed by atoms with Crippen molar-refractivity contribution in [2.45, 2.75) is 45.3 Å². The van der Waals surface area contributed by atoms with E-state index in [0.29, 0.717) is 31.0 Å². The van der Waals surface area contributed by atoms with Crippen molar-refractivity contribution >= 4 is 6.01 Å². The zero-order chi connectivity index (χ0) is 13.8. The first kappa shape index (κ1) is 13.1. The van der Waals surface area contributed by atoms with Gasteiger partial charge in [-0.2, -0.15) is 0 Å². The van der Waals surface area contributed by atoms with Gasteiger partial charge in [-0.05, 0) is 30.4 Å². The fourth-order valence-corrected chi connectivity index (χ4v) is 2.16. The third-order valence-corrected chi connectivity index (χ3v) is 3.52. The zero-order valence-corrected chi connectivity index (χ0v) is 11.7. The Morgan fingerprint density at radius 3 is 2.70 bits per heavy atom. The average molecular weight is 272 g/mol. The maximum Gasteiger partial charge on any atom is 0.315 e. The van der Waals surface area contributed by atoms with Gasteiger partial charge in [0.1, 0.15) is 0 Å². The van der Waals surface area contributed by atoms with E-state index in [1.807, 2.05) is 0 Å². The van der Waals surface area contributed by atoms with Gasteiger partial charge in [0.05, 0.1) is 6.54 Å². The summed E-state index contributed by atoms with van der Waals surface area (Å²) in [4.78, 5) is 0. The van der Waals surface area contributed by atoms with E-state index in [-0.39, 0.29) is 0 Å². The van der Waals surface area contributed by atoms with Crippen LogP contribution in [-0.4, -0.2) is 16.2 Å². The van der Waals surface area contributed by atoms with E-state index in [2.05, 4.69) is 52.0 Å². The van der Waals surface area contributed by atoms with Crippen LogP contribution in [0.25, 0.3) is 0 Å². The van der Waals surface area contributed by atoms with Gasteiger partial charge in [-0.1, -0.05) is 36.3 Å². The van der Waals surface area contributed by atoms with Crippen molar-refractivity contribution in [3.63, 3.8) is 0 Å². The van der Waals surface area contributed by atoms with Crippen molar-refractivity contribution in [1.29, 1.82) is 0 Å². The van der Waals surface area contributed by atoms with Gasteiger partial charge in [0, 0.05) is 12.6 Å². The van der Waals surface area contributed by atoms with Crippen molar-refractivity contribution in [1.82, 2.24) is 15.5 Å². The van der Waals surface area contributed by atoms with Gasteiger partial charge in [0.2, 0.25) is 5.89 Å². The Hall–Kier alpha value is -1.88. The molecule has 2 N–H and O–H groups in total. The van der Waals surface area contributed by atoms with Gasteiger partial charge in [-0.15, -0.1) is 5.10 Å².